The number of hydrogen-bond donors (Lipinski definition) is 1. The summed E-state index contributed by atoms with van der Waals surface area (Å²) in [6.45, 7) is 5.49. The molecule has 2 heterocycles. The Morgan fingerprint density at radius 2 is 2.18 bits per heavy atom. The van der Waals surface area contributed by atoms with E-state index >= 15 is 0 Å². The second-order valence-corrected chi connectivity index (χ2v) is 4.93. The number of piperidine rings is 1. The number of hydrogen-bond acceptors (Lipinski definition) is 3. The first-order valence-electron chi connectivity index (χ1n) is 6.18. The summed E-state index contributed by atoms with van der Waals surface area (Å²) in [6, 6.07) is 2.02. The van der Waals surface area contributed by atoms with E-state index in [1.165, 1.54) is 6.26 Å². The number of likely N-dealkylation sites (tertiary alicyclic amines) is 1. The number of carbonyl (C=O) groups excluding carboxylic acids is 1. The molecule has 1 saturated heterocycles. The average molecular weight is 236 g/mol. The Balaban J connectivity index is 1.95. The molecule has 2 N–H and O–H groups in total. The first-order chi connectivity index (χ1) is 8.08. The van der Waals surface area contributed by atoms with Gasteiger partial charge in [-0.25, -0.2) is 0 Å². The predicted molar refractivity (Wildman–Crippen MR) is 65.7 cm³/mol. The van der Waals surface area contributed by atoms with Crippen LogP contribution in [0.5, 0.6) is 0 Å². The van der Waals surface area contributed by atoms with E-state index in [-0.39, 0.29) is 11.9 Å². The van der Waals surface area contributed by atoms with Gasteiger partial charge in [-0.15, -0.1) is 0 Å². The molecule has 0 radical (unpaired) electrons. The number of nitrogens with two attached hydrogens (primary N) is 1. The monoisotopic (exact) mass is 236 g/mol. The topological polar surface area (TPSA) is 59.5 Å². The van der Waals surface area contributed by atoms with Crippen LogP contribution in [0.4, 0.5) is 0 Å². The molecule has 1 unspecified atom stereocenters. The van der Waals surface area contributed by atoms with Crippen molar-refractivity contribution in [2.45, 2.75) is 32.7 Å². The van der Waals surface area contributed by atoms with Gasteiger partial charge in [-0.2, -0.15) is 0 Å². The van der Waals surface area contributed by atoms with Crippen LogP contribution in [0.1, 0.15) is 35.9 Å². The fourth-order valence-corrected chi connectivity index (χ4v) is 2.37. The molecule has 1 aromatic rings. The number of rotatable bonds is 2. The SMILES string of the molecule is Cc1cc(C(=O)N2CCC(C(C)N)CC2)co1. The molecule has 0 aliphatic carbocycles. The molecule has 0 saturated carbocycles. The Labute approximate surface area is 102 Å². The smallest absolute Gasteiger partial charge is 0.257 e. The highest BCUT2D eigenvalue weighted by Crippen LogP contribution is 2.21. The fourth-order valence-electron chi connectivity index (χ4n) is 2.37. The number of carbonyl (C=O) groups is 1. The molecule has 4 heteroatoms. The zero-order valence-corrected chi connectivity index (χ0v) is 10.5. The van der Waals surface area contributed by atoms with Crippen molar-refractivity contribution in [2.24, 2.45) is 11.7 Å². The third-order valence-electron chi connectivity index (χ3n) is 3.55. The second kappa shape index (κ2) is 4.92. The van der Waals surface area contributed by atoms with Crippen molar-refractivity contribution in [3.63, 3.8) is 0 Å². The Bertz CT molecular complexity index is 390. The van der Waals surface area contributed by atoms with Crippen LogP contribution in [0, 0.1) is 12.8 Å². The largest absolute Gasteiger partial charge is 0.469 e. The summed E-state index contributed by atoms with van der Waals surface area (Å²) in [6.07, 6.45) is 3.54. The Kier molecular flexibility index (Phi) is 3.52. The van der Waals surface area contributed by atoms with Crippen LogP contribution < -0.4 is 5.73 Å². The summed E-state index contributed by atoms with van der Waals surface area (Å²) in [5.74, 6) is 1.40. The number of aryl methyl sites for hydroxylation is 1. The van der Waals surface area contributed by atoms with Crippen molar-refractivity contribution in [2.75, 3.05) is 13.1 Å². The van der Waals surface area contributed by atoms with Gasteiger partial charge in [-0.1, -0.05) is 0 Å². The van der Waals surface area contributed by atoms with Crippen molar-refractivity contribution in [1.82, 2.24) is 4.90 Å². The van der Waals surface area contributed by atoms with Crippen molar-refractivity contribution >= 4 is 5.91 Å². The summed E-state index contributed by atoms with van der Waals surface area (Å²) in [4.78, 5) is 14.0. The molecule has 1 atom stereocenters. The maximum absolute atomic E-state index is 12.1. The molecular weight excluding hydrogens is 216 g/mol. The van der Waals surface area contributed by atoms with Gasteiger partial charge in [-0.3, -0.25) is 4.79 Å². The van der Waals surface area contributed by atoms with Crippen molar-refractivity contribution in [1.29, 1.82) is 0 Å². The normalized spacial score (nSPS) is 19.4. The highest BCUT2D eigenvalue weighted by Gasteiger charge is 2.25. The lowest BCUT2D eigenvalue weighted by Gasteiger charge is -2.33. The zero-order valence-electron chi connectivity index (χ0n) is 10.5. The third-order valence-corrected chi connectivity index (χ3v) is 3.55. The highest BCUT2D eigenvalue weighted by molar-refractivity contribution is 5.94. The van der Waals surface area contributed by atoms with Gasteiger partial charge < -0.3 is 15.1 Å². The van der Waals surface area contributed by atoms with Gasteiger partial charge in [0.05, 0.1) is 5.56 Å². The summed E-state index contributed by atoms with van der Waals surface area (Å²) in [7, 11) is 0. The van der Waals surface area contributed by atoms with Crippen LogP contribution in [-0.4, -0.2) is 29.9 Å². The lowest BCUT2D eigenvalue weighted by atomic mass is 9.91. The van der Waals surface area contributed by atoms with E-state index in [0.717, 1.165) is 31.7 Å². The van der Waals surface area contributed by atoms with E-state index in [9.17, 15) is 4.79 Å². The van der Waals surface area contributed by atoms with Crippen molar-refractivity contribution in [3.05, 3.63) is 23.7 Å². The first kappa shape index (κ1) is 12.2. The molecule has 4 nitrogen and oxygen atoms in total. The van der Waals surface area contributed by atoms with E-state index in [1.807, 2.05) is 18.7 Å². The standard InChI is InChI=1S/C13H20N2O2/c1-9-7-12(8-17-9)13(16)15-5-3-11(4-6-15)10(2)14/h7-8,10-11H,3-6,14H2,1-2H3. The van der Waals surface area contributed by atoms with E-state index in [1.54, 1.807) is 6.07 Å². The predicted octanol–water partition coefficient (Wildman–Crippen LogP) is 1.79. The highest BCUT2D eigenvalue weighted by atomic mass is 16.3. The number of amides is 1. The van der Waals surface area contributed by atoms with Gasteiger partial charge in [0.15, 0.2) is 0 Å². The van der Waals surface area contributed by atoms with Gasteiger partial charge in [0.25, 0.3) is 5.91 Å². The third kappa shape index (κ3) is 2.69. The summed E-state index contributed by atoms with van der Waals surface area (Å²) in [5, 5.41) is 0. The van der Waals surface area contributed by atoms with Gasteiger partial charge in [-0.05, 0) is 38.7 Å². The summed E-state index contributed by atoms with van der Waals surface area (Å²) >= 11 is 0. The van der Waals surface area contributed by atoms with Gasteiger partial charge in [0.1, 0.15) is 12.0 Å². The maximum atomic E-state index is 12.1. The molecule has 1 fully saturated rings. The Morgan fingerprint density at radius 3 is 2.65 bits per heavy atom. The minimum Gasteiger partial charge on any atom is -0.469 e. The Morgan fingerprint density at radius 1 is 1.53 bits per heavy atom. The maximum Gasteiger partial charge on any atom is 0.257 e. The molecule has 1 aromatic heterocycles. The minimum absolute atomic E-state index is 0.0741. The van der Waals surface area contributed by atoms with E-state index in [2.05, 4.69) is 0 Å². The quantitative estimate of drug-likeness (QED) is 0.851. The average Bonchev–Trinajstić information content (AvgIpc) is 2.75. The molecule has 94 valence electrons. The second-order valence-electron chi connectivity index (χ2n) is 4.93. The van der Waals surface area contributed by atoms with Crippen LogP contribution >= 0.6 is 0 Å². The number of nitrogens with zero attached hydrogens (tertiary/aromatic N) is 1. The lowest BCUT2D eigenvalue weighted by Crippen LogP contribution is -2.42. The van der Waals surface area contributed by atoms with Crippen molar-refractivity contribution in [3.8, 4) is 0 Å². The van der Waals surface area contributed by atoms with Crippen LogP contribution in [-0.2, 0) is 0 Å². The van der Waals surface area contributed by atoms with Crippen LogP contribution in [0.25, 0.3) is 0 Å². The molecule has 2 rings (SSSR count). The lowest BCUT2D eigenvalue weighted by molar-refractivity contribution is 0.0680. The van der Waals surface area contributed by atoms with Crippen molar-refractivity contribution < 1.29 is 9.21 Å². The van der Waals surface area contributed by atoms with Gasteiger partial charge in [0, 0.05) is 19.1 Å². The van der Waals surface area contributed by atoms with Gasteiger partial charge >= 0.3 is 0 Å². The molecule has 0 bridgehead atoms. The summed E-state index contributed by atoms with van der Waals surface area (Å²) in [5.41, 5.74) is 6.54. The molecule has 0 aromatic carbocycles. The molecular formula is C13H20N2O2. The molecule has 1 aliphatic heterocycles. The van der Waals surface area contributed by atoms with Crippen LogP contribution in [0.3, 0.4) is 0 Å². The molecule has 1 aliphatic rings. The van der Waals surface area contributed by atoms with E-state index in [0.29, 0.717) is 11.5 Å². The number of furan rings is 1. The zero-order chi connectivity index (χ0) is 12.4. The van der Waals surface area contributed by atoms with Gasteiger partial charge in [0.2, 0.25) is 0 Å². The van der Waals surface area contributed by atoms with Crippen LogP contribution in [0.2, 0.25) is 0 Å². The first-order valence-corrected chi connectivity index (χ1v) is 6.18. The van der Waals surface area contributed by atoms with E-state index < -0.39 is 0 Å². The fraction of sp³-hybridized carbons (Fsp3) is 0.615. The molecule has 17 heavy (non-hydrogen) atoms. The molecule has 1 amide bonds. The minimum atomic E-state index is 0.0741. The van der Waals surface area contributed by atoms with Crippen LogP contribution in [0.15, 0.2) is 16.7 Å². The molecule has 0 spiro atoms. The summed E-state index contributed by atoms with van der Waals surface area (Å²) < 4.78 is 5.17. The Hall–Kier alpha value is -1.29. The van der Waals surface area contributed by atoms with E-state index in [4.69, 9.17) is 10.2 Å².